The van der Waals surface area contributed by atoms with Crippen molar-refractivity contribution in [3.8, 4) is 66.8 Å². The Bertz CT molecular complexity index is 3930. The molecule has 0 atom stereocenters. The zero-order valence-electron chi connectivity index (χ0n) is 40.5. The Labute approximate surface area is 416 Å². The molecule has 2 heteroatoms. The monoisotopic (exact) mass is 908 g/mol. The molecule has 0 aromatic heterocycles. The van der Waals surface area contributed by atoms with Gasteiger partial charge in [0, 0.05) is 22.7 Å². The average Bonchev–Trinajstić information content (AvgIpc) is 3.79. The van der Waals surface area contributed by atoms with E-state index in [0.717, 1.165) is 33.8 Å². The molecule has 1 N–H and O–H groups in total. The van der Waals surface area contributed by atoms with Crippen LogP contribution >= 0.6 is 0 Å². The van der Waals surface area contributed by atoms with Crippen molar-refractivity contribution in [2.24, 2.45) is 4.99 Å². The minimum Gasteiger partial charge on any atom is -0.354 e. The van der Waals surface area contributed by atoms with Gasteiger partial charge in [0.05, 0.1) is 11.4 Å². The summed E-state index contributed by atoms with van der Waals surface area (Å²) in [6, 6.07) is 84.7. The first-order valence-electron chi connectivity index (χ1n) is 24.8. The minimum atomic E-state index is -0.122. The molecular formula is C69H52N2. The molecule has 0 aliphatic heterocycles. The molecule has 11 aromatic carbocycles. The zero-order chi connectivity index (χ0) is 47.8. The number of aliphatic imine (C=N–C) groups is 1. The molecule has 0 spiro atoms. The number of anilines is 2. The lowest BCUT2D eigenvalue weighted by Gasteiger charge is -2.24. The Morgan fingerprint density at radius 3 is 1.37 bits per heavy atom. The summed E-state index contributed by atoms with van der Waals surface area (Å²) in [5.74, 6) is 0. The van der Waals surface area contributed by atoms with Crippen molar-refractivity contribution in [2.45, 2.75) is 38.5 Å². The van der Waals surface area contributed by atoms with Gasteiger partial charge in [-0.05, 0) is 159 Å². The largest absolute Gasteiger partial charge is 0.354 e. The van der Waals surface area contributed by atoms with Gasteiger partial charge in [-0.2, -0.15) is 0 Å². The van der Waals surface area contributed by atoms with Gasteiger partial charge >= 0.3 is 0 Å². The van der Waals surface area contributed by atoms with Crippen LogP contribution in [0.25, 0.3) is 88.3 Å². The minimum absolute atomic E-state index is 0.111. The summed E-state index contributed by atoms with van der Waals surface area (Å²) in [7, 11) is 0. The van der Waals surface area contributed by atoms with E-state index in [1.807, 2.05) is 42.6 Å². The van der Waals surface area contributed by atoms with Crippen molar-refractivity contribution in [1.29, 1.82) is 0 Å². The van der Waals surface area contributed by atoms with Gasteiger partial charge in [0.25, 0.3) is 0 Å². The van der Waals surface area contributed by atoms with Gasteiger partial charge in [-0.25, -0.2) is 0 Å². The number of nitrogens with zero attached hydrogens (tertiary/aromatic N) is 1. The Morgan fingerprint density at radius 1 is 0.338 bits per heavy atom. The first-order valence-corrected chi connectivity index (χ1v) is 24.8. The molecular weight excluding hydrogens is 857 g/mol. The van der Waals surface area contributed by atoms with E-state index in [2.05, 4.69) is 227 Å². The number of rotatable bonds is 8. The Balaban J connectivity index is 0.960. The standard InChI is InChI=1S/C69H52N2/c1-68(2)60-25-15-13-21-52(60)54-35-32-49(40-62(54)68)66-56-23-11-12-24-57(56)67(50-33-36-55-53-22-14-16-26-61(53)69(3,4)63(55)41-50)59-39-47(31-37-58(59)66)45-27-29-46(30-28-45)48-34-38-64(71-51-19-9-6-10-20-51)65(42-48)70-43-44-17-7-5-8-18-44/h5-43,71H,1-4H3. The van der Waals surface area contributed by atoms with Crippen LogP contribution in [0.5, 0.6) is 0 Å². The fourth-order valence-corrected chi connectivity index (χ4v) is 11.8. The summed E-state index contributed by atoms with van der Waals surface area (Å²) in [4.78, 5) is 5.02. The van der Waals surface area contributed by atoms with Crippen molar-refractivity contribution >= 4 is 44.8 Å². The molecule has 2 aliphatic rings. The highest BCUT2D eigenvalue weighted by atomic mass is 14.9. The van der Waals surface area contributed by atoms with E-state index in [1.165, 1.54) is 99.4 Å². The quantitative estimate of drug-likeness (QED) is 0.119. The summed E-state index contributed by atoms with van der Waals surface area (Å²) >= 11 is 0. The fourth-order valence-electron chi connectivity index (χ4n) is 11.8. The highest BCUT2D eigenvalue weighted by Gasteiger charge is 2.37. The Morgan fingerprint density at radius 2 is 0.775 bits per heavy atom. The number of para-hydroxylation sites is 1. The third-order valence-corrected chi connectivity index (χ3v) is 15.5. The van der Waals surface area contributed by atoms with Crippen LogP contribution in [-0.4, -0.2) is 6.21 Å². The lowest BCUT2D eigenvalue weighted by atomic mass is 9.79. The molecule has 0 saturated heterocycles. The average molecular weight is 909 g/mol. The number of hydrogen-bond acceptors (Lipinski definition) is 2. The SMILES string of the molecule is CC1(C)c2ccccc2-c2ccc(-c3c4ccccc4c(-c4ccc5c(c4)C(C)(C)c4ccccc4-5)c4cc(-c5ccc(-c6ccc(Nc7ccccc7)c(N=Cc7ccccc7)c6)cc5)ccc34)cc21. The van der Waals surface area contributed by atoms with Crippen LogP contribution in [0, 0.1) is 0 Å². The van der Waals surface area contributed by atoms with Gasteiger partial charge in [0.1, 0.15) is 0 Å². The highest BCUT2D eigenvalue weighted by molar-refractivity contribution is 6.22. The molecule has 0 heterocycles. The van der Waals surface area contributed by atoms with Crippen molar-refractivity contribution in [3.05, 3.63) is 258 Å². The predicted molar refractivity (Wildman–Crippen MR) is 302 cm³/mol. The van der Waals surface area contributed by atoms with Crippen molar-refractivity contribution in [2.75, 3.05) is 5.32 Å². The van der Waals surface area contributed by atoms with Crippen LogP contribution < -0.4 is 5.32 Å². The first kappa shape index (κ1) is 42.5. The second kappa shape index (κ2) is 16.5. The normalized spacial score (nSPS) is 13.8. The van der Waals surface area contributed by atoms with Crippen LogP contribution in [0.1, 0.15) is 55.5 Å². The second-order valence-corrected chi connectivity index (χ2v) is 20.4. The van der Waals surface area contributed by atoms with Crippen LogP contribution in [0.3, 0.4) is 0 Å². The molecule has 2 aliphatic carbocycles. The molecule has 13 rings (SSSR count). The van der Waals surface area contributed by atoms with Gasteiger partial charge < -0.3 is 5.32 Å². The molecule has 2 nitrogen and oxygen atoms in total. The van der Waals surface area contributed by atoms with Crippen LogP contribution in [0.15, 0.2) is 236 Å². The number of nitrogens with one attached hydrogen (secondary N) is 1. The lowest BCUT2D eigenvalue weighted by molar-refractivity contribution is 0.660. The molecule has 0 bridgehead atoms. The van der Waals surface area contributed by atoms with E-state index in [4.69, 9.17) is 4.99 Å². The third kappa shape index (κ3) is 7.04. The van der Waals surface area contributed by atoms with E-state index in [1.54, 1.807) is 0 Å². The Kier molecular flexibility index (Phi) is 9.90. The molecule has 0 unspecified atom stereocenters. The molecule has 0 fully saturated rings. The van der Waals surface area contributed by atoms with E-state index < -0.39 is 0 Å². The summed E-state index contributed by atoms with van der Waals surface area (Å²) in [5.41, 5.74) is 24.2. The van der Waals surface area contributed by atoms with E-state index in [0.29, 0.717) is 0 Å². The van der Waals surface area contributed by atoms with Crippen LogP contribution in [0.2, 0.25) is 0 Å². The lowest BCUT2D eigenvalue weighted by Crippen LogP contribution is -2.15. The maximum Gasteiger partial charge on any atom is 0.0870 e. The summed E-state index contributed by atoms with van der Waals surface area (Å²) < 4.78 is 0. The smallest absolute Gasteiger partial charge is 0.0870 e. The maximum atomic E-state index is 5.02. The fraction of sp³-hybridized carbons (Fsp3) is 0.0870. The third-order valence-electron chi connectivity index (χ3n) is 15.5. The summed E-state index contributed by atoms with van der Waals surface area (Å²) in [6.45, 7) is 9.52. The van der Waals surface area contributed by atoms with Crippen molar-refractivity contribution in [1.82, 2.24) is 0 Å². The zero-order valence-corrected chi connectivity index (χ0v) is 40.5. The Hall–Kier alpha value is -8.59. The summed E-state index contributed by atoms with van der Waals surface area (Å²) in [5, 5.41) is 8.62. The van der Waals surface area contributed by atoms with Gasteiger partial charge in [-0.15, -0.1) is 0 Å². The first-order chi connectivity index (χ1) is 34.7. The van der Waals surface area contributed by atoms with E-state index >= 15 is 0 Å². The van der Waals surface area contributed by atoms with Gasteiger partial charge in [0.15, 0.2) is 0 Å². The van der Waals surface area contributed by atoms with E-state index in [-0.39, 0.29) is 10.8 Å². The summed E-state index contributed by atoms with van der Waals surface area (Å²) in [6.07, 6.45) is 1.94. The molecule has 0 saturated carbocycles. The van der Waals surface area contributed by atoms with Gasteiger partial charge in [-0.3, -0.25) is 4.99 Å². The molecule has 0 radical (unpaired) electrons. The topological polar surface area (TPSA) is 24.4 Å². The molecule has 11 aromatic rings. The van der Waals surface area contributed by atoms with E-state index in [9.17, 15) is 0 Å². The number of fused-ring (bicyclic) bond motifs is 8. The molecule has 338 valence electrons. The number of hydrogen-bond donors (Lipinski definition) is 1. The van der Waals surface area contributed by atoms with Crippen LogP contribution in [0.4, 0.5) is 17.1 Å². The molecule has 0 amide bonds. The predicted octanol–water partition coefficient (Wildman–Crippen LogP) is 18.8. The molecule has 71 heavy (non-hydrogen) atoms. The van der Waals surface area contributed by atoms with Crippen molar-refractivity contribution in [3.63, 3.8) is 0 Å². The maximum absolute atomic E-state index is 5.02. The van der Waals surface area contributed by atoms with Crippen molar-refractivity contribution < 1.29 is 0 Å². The van der Waals surface area contributed by atoms with Crippen LogP contribution in [-0.2, 0) is 10.8 Å². The number of benzene rings is 11. The second-order valence-electron chi connectivity index (χ2n) is 20.4. The van der Waals surface area contributed by atoms with Gasteiger partial charge in [-0.1, -0.05) is 216 Å². The van der Waals surface area contributed by atoms with Gasteiger partial charge in [0.2, 0.25) is 0 Å². The highest BCUT2D eigenvalue weighted by Crippen LogP contribution is 2.54.